The summed E-state index contributed by atoms with van der Waals surface area (Å²) in [4.78, 5) is 23.0. The van der Waals surface area contributed by atoms with E-state index in [1.54, 1.807) is 6.26 Å². The van der Waals surface area contributed by atoms with Crippen LogP contribution in [0.15, 0.2) is 0 Å². The minimum atomic E-state index is -0.938. The molecule has 0 saturated heterocycles. The molecule has 0 heterocycles. The number of hydrogen-bond acceptors (Lipinski definition) is 3. The second kappa shape index (κ2) is 5.90. The molecule has 2 aliphatic rings. The number of carbonyl (C=O) groups excluding carboxylic acids is 1. The molecule has 0 aromatic heterocycles. The van der Waals surface area contributed by atoms with Crippen molar-refractivity contribution in [3.05, 3.63) is 0 Å². The number of carboxylic acid groups (broad SMARTS) is 1. The third kappa shape index (κ3) is 3.26. The standard InChI is InChI=1S/C12H20N2O4S/c1-19(18)5-4-13-12(17)14-10-8-3-2-7(6-8)9(10)11(15)16/h7-10H,2-6H2,1H3,(H,15,16)(H2,13,14,17). The molecular formula is C12H20N2O4S. The first kappa shape index (κ1) is 14.3. The Morgan fingerprint density at radius 2 is 2.00 bits per heavy atom. The molecule has 7 heteroatoms. The zero-order chi connectivity index (χ0) is 14.0. The van der Waals surface area contributed by atoms with Gasteiger partial charge in [0.1, 0.15) is 0 Å². The van der Waals surface area contributed by atoms with Crippen LogP contribution in [0.4, 0.5) is 4.79 Å². The number of urea groups is 1. The fourth-order valence-electron chi connectivity index (χ4n) is 3.37. The van der Waals surface area contributed by atoms with Crippen molar-refractivity contribution < 1.29 is 18.9 Å². The fourth-order valence-corrected chi connectivity index (χ4v) is 3.75. The van der Waals surface area contributed by atoms with Gasteiger partial charge in [-0.05, 0) is 31.1 Å². The van der Waals surface area contributed by atoms with Crippen molar-refractivity contribution in [2.75, 3.05) is 18.6 Å². The number of aliphatic carboxylic acids is 1. The third-order valence-corrected chi connectivity index (χ3v) is 4.95. The molecule has 0 aromatic rings. The summed E-state index contributed by atoms with van der Waals surface area (Å²) in [5.74, 6) is -0.364. The molecule has 2 amide bonds. The molecule has 19 heavy (non-hydrogen) atoms. The second-order valence-corrected chi connectivity index (χ2v) is 6.96. The van der Waals surface area contributed by atoms with E-state index in [0.717, 1.165) is 19.3 Å². The molecule has 2 aliphatic carbocycles. The van der Waals surface area contributed by atoms with Crippen LogP contribution in [0.5, 0.6) is 0 Å². The quantitative estimate of drug-likeness (QED) is 0.671. The Balaban J connectivity index is 1.85. The van der Waals surface area contributed by atoms with Crippen LogP contribution in [0.3, 0.4) is 0 Å². The zero-order valence-electron chi connectivity index (χ0n) is 10.9. The summed E-state index contributed by atoms with van der Waals surface area (Å²) in [5, 5.41) is 14.7. The Bertz CT molecular complexity index is 401. The van der Waals surface area contributed by atoms with Gasteiger partial charge in [0.2, 0.25) is 0 Å². The lowest BCUT2D eigenvalue weighted by molar-refractivity contribution is -0.144. The fraction of sp³-hybridized carbons (Fsp3) is 0.833. The highest BCUT2D eigenvalue weighted by molar-refractivity contribution is 7.84. The number of hydrogen-bond donors (Lipinski definition) is 3. The van der Waals surface area contributed by atoms with E-state index in [0.29, 0.717) is 12.3 Å². The topological polar surface area (TPSA) is 95.5 Å². The van der Waals surface area contributed by atoms with E-state index in [1.807, 2.05) is 0 Å². The van der Waals surface area contributed by atoms with Crippen LogP contribution in [0.2, 0.25) is 0 Å². The molecule has 108 valence electrons. The molecule has 2 saturated carbocycles. The molecule has 0 radical (unpaired) electrons. The molecule has 5 unspecified atom stereocenters. The molecule has 2 bridgehead atoms. The number of nitrogens with one attached hydrogen (secondary N) is 2. The number of carbonyl (C=O) groups is 2. The van der Waals surface area contributed by atoms with Gasteiger partial charge in [-0.3, -0.25) is 9.00 Å². The molecule has 0 aromatic carbocycles. The van der Waals surface area contributed by atoms with Gasteiger partial charge in [0.05, 0.1) is 5.92 Å². The number of fused-ring (bicyclic) bond motifs is 2. The normalized spacial score (nSPS) is 33.9. The van der Waals surface area contributed by atoms with Gasteiger partial charge in [0.25, 0.3) is 0 Å². The zero-order valence-corrected chi connectivity index (χ0v) is 11.7. The van der Waals surface area contributed by atoms with E-state index < -0.39 is 22.7 Å². The summed E-state index contributed by atoms with van der Waals surface area (Å²) in [6.45, 7) is 0.341. The Kier molecular flexibility index (Phi) is 4.44. The van der Waals surface area contributed by atoms with Crippen molar-refractivity contribution in [2.24, 2.45) is 17.8 Å². The predicted molar refractivity (Wildman–Crippen MR) is 71.2 cm³/mol. The van der Waals surface area contributed by atoms with Gasteiger partial charge >= 0.3 is 12.0 Å². The number of amides is 2. The molecule has 0 aliphatic heterocycles. The van der Waals surface area contributed by atoms with Gasteiger partial charge in [-0.15, -0.1) is 0 Å². The van der Waals surface area contributed by atoms with Crippen LogP contribution >= 0.6 is 0 Å². The molecule has 5 atom stereocenters. The van der Waals surface area contributed by atoms with Gasteiger partial charge in [0, 0.05) is 35.4 Å². The Morgan fingerprint density at radius 3 is 2.63 bits per heavy atom. The number of carboxylic acids is 1. The Labute approximate surface area is 114 Å². The monoisotopic (exact) mass is 288 g/mol. The summed E-state index contributed by atoms with van der Waals surface area (Å²) < 4.78 is 10.9. The van der Waals surface area contributed by atoms with Crippen LogP contribution in [0, 0.1) is 17.8 Å². The summed E-state index contributed by atoms with van der Waals surface area (Å²) in [5.41, 5.74) is 0. The van der Waals surface area contributed by atoms with Crippen LogP contribution in [0.25, 0.3) is 0 Å². The maximum absolute atomic E-state index is 11.7. The van der Waals surface area contributed by atoms with E-state index >= 15 is 0 Å². The Hall–Kier alpha value is -1.11. The highest BCUT2D eigenvalue weighted by atomic mass is 32.2. The van der Waals surface area contributed by atoms with Gasteiger partial charge in [-0.1, -0.05) is 0 Å². The minimum Gasteiger partial charge on any atom is -0.481 e. The van der Waals surface area contributed by atoms with Gasteiger partial charge < -0.3 is 15.7 Å². The first-order valence-electron chi connectivity index (χ1n) is 6.56. The van der Waals surface area contributed by atoms with Crippen molar-refractivity contribution in [1.82, 2.24) is 10.6 Å². The highest BCUT2D eigenvalue weighted by Gasteiger charge is 2.51. The summed E-state index contributed by atoms with van der Waals surface area (Å²) in [6, 6.07) is -0.613. The predicted octanol–water partition coefficient (Wildman–Crippen LogP) is 0.163. The van der Waals surface area contributed by atoms with E-state index in [2.05, 4.69) is 10.6 Å². The lowest BCUT2D eigenvalue weighted by Crippen LogP contribution is -2.50. The van der Waals surface area contributed by atoms with Crippen LogP contribution in [-0.2, 0) is 15.6 Å². The molecular weight excluding hydrogens is 268 g/mol. The first-order chi connectivity index (χ1) is 8.99. The van der Waals surface area contributed by atoms with Crippen molar-refractivity contribution in [1.29, 1.82) is 0 Å². The molecule has 2 rings (SSSR count). The van der Waals surface area contributed by atoms with Crippen molar-refractivity contribution in [3.8, 4) is 0 Å². The minimum absolute atomic E-state index is 0.205. The van der Waals surface area contributed by atoms with Crippen LogP contribution in [0.1, 0.15) is 19.3 Å². The maximum Gasteiger partial charge on any atom is 0.315 e. The first-order valence-corrected chi connectivity index (χ1v) is 8.29. The summed E-state index contributed by atoms with van der Waals surface area (Å²) >= 11 is 0. The van der Waals surface area contributed by atoms with Crippen LogP contribution in [-0.4, -0.2) is 45.9 Å². The molecule has 2 fully saturated rings. The lowest BCUT2D eigenvalue weighted by Gasteiger charge is -2.28. The lowest BCUT2D eigenvalue weighted by atomic mass is 9.84. The van der Waals surface area contributed by atoms with E-state index in [9.17, 15) is 18.9 Å². The largest absolute Gasteiger partial charge is 0.481 e. The SMILES string of the molecule is CS(=O)CCNC(=O)NC1C2CCC(C2)C1C(=O)O. The second-order valence-electron chi connectivity index (χ2n) is 5.40. The van der Waals surface area contributed by atoms with Crippen molar-refractivity contribution in [3.63, 3.8) is 0 Å². The van der Waals surface area contributed by atoms with Gasteiger partial charge in [-0.2, -0.15) is 0 Å². The van der Waals surface area contributed by atoms with Crippen molar-refractivity contribution >= 4 is 22.8 Å². The average Bonchev–Trinajstić information content (AvgIpc) is 2.88. The summed E-state index contributed by atoms with van der Waals surface area (Å²) in [6.07, 6.45) is 4.44. The van der Waals surface area contributed by atoms with Crippen LogP contribution < -0.4 is 10.6 Å². The number of rotatable bonds is 5. The maximum atomic E-state index is 11.7. The average molecular weight is 288 g/mol. The summed E-state index contributed by atoms with van der Waals surface area (Å²) in [7, 11) is -0.938. The Morgan fingerprint density at radius 1 is 1.32 bits per heavy atom. The van der Waals surface area contributed by atoms with Gasteiger partial charge in [-0.25, -0.2) is 4.79 Å². The molecule has 0 spiro atoms. The third-order valence-electron chi connectivity index (χ3n) is 4.17. The van der Waals surface area contributed by atoms with E-state index in [4.69, 9.17) is 0 Å². The molecule has 6 nitrogen and oxygen atoms in total. The van der Waals surface area contributed by atoms with Crippen molar-refractivity contribution in [2.45, 2.75) is 25.3 Å². The highest BCUT2D eigenvalue weighted by Crippen LogP contribution is 2.48. The smallest absolute Gasteiger partial charge is 0.315 e. The molecule has 3 N–H and O–H groups in total. The van der Waals surface area contributed by atoms with Gasteiger partial charge in [0.15, 0.2) is 0 Å². The van der Waals surface area contributed by atoms with E-state index in [1.165, 1.54) is 0 Å². The van der Waals surface area contributed by atoms with E-state index in [-0.39, 0.29) is 23.9 Å².